The summed E-state index contributed by atoms with van der Waals surface area (Å²) in [7, 11) is 8.09. The lowest BCUT2D eigenvalue weighted by Gasteiger charge is -2.37. The Kier molecular flexibility index (Phi) is 29.2. The third-order valence-corrected chi connectivity index (χ3v) is 17.2. The lowest BCUT2D eigenvalue weighted by molar-refractivity contribution is -0.150. The summed E-state index contributed by atoms with van der Waals surface area (Å²) in [5.74, 6) is -10.5. The first kappa shape index (κ1) is 76.0. The standard InChI is InChI=1S/C66H99N13O13/c1-39(2)33-50-58(84)68-47(29-30-67)62(88)77(14)51(36-46-27-21-17-22-28-46)59(85)69-48(35-45-25-19-16-20-26-45)63(89)78(15)52(34-40(3)4)65(91)73(10)38-54(82)74(11)42(7)57(83)72-56(44(9)80)60(86)70-49(64(90)79-31-23-18-24-32-79)37-53(81)71-55(41(5)6)66(92)75(12)43(8)61(87)76(50)13/h16-17,19-22,25-28,39-44,47-52,55-56,80H,18,23-24,29,31-38H2,1-15H3,(H,68,84)(H,69,85)(H,70,86)(H,71,81)(H,72,83)/t42-,43-,44+,47-,48-,49-,50-,51-,52-,55+,56-/m0/s1. The van der Waals surface area contributed by atoms with Gasteiger partial charge in [0, 0.05) is 68.2 Å². The Morgan fingerprint density at radius 2 is 1.03 bits per heavy atom. The van der Waals surface area contributed by atoms with Crippen molar-refractivity contribution in [1.29, 1.82) is 5.26 Å². The average molecular weight is 1280 g/mol. The van der Waals surface area contributed by atoms with Gasteiger partial charge in [0.2, 0.25) is 70.9 Å². The van der Waals surface area contributed by atoms with E-state index in [4.69, 9.17) is 0 Å². The Bertz CT molecular complexity index is 2950. The summed E-state index contributed by atoms with van der Waals surface area (Å²) in [5, 5.41) is 34.5. The number of carbonyl (C=O) groups excluding carboxylic acids is 12. The molecule has 6 N–H and O–H groups in total. The van der Waals surface area contributed by atoms with Crippen molar-refractivity contribution < 1.29 is 62.6 Å². The molecule has 2 aromatic rings. The second-order valence-electron chi connectivity index (χ2n) is 25.7. The Balaban J connectivity index is 1.89. The number of aliphatic hydroxyl groups excluding tert-OH is 1. The number of hydrogen-bond acceptors (Lipinski definition) is 14. The van der Waals surface area contributed by atoms with Crippen LogP contribution in [-0.2, 0) is 70.4 Å². The third kappa shape index (κ3) is 21.0. The largest absolute Gasteiger partial charge is 0.391 e. The Morgan fingerprint density at radius 3 is 1.57 bits per heavy atom. The molecule has 2 saturated heterocycles. The van der Waals surface area contributed by atoms with Gasteiger partial charge in [-0.25, -0.2) is 0 Å². The number of piperidine rings is 1. The van der Waals surface area contributed by atoms with Crippen molar-refractivity contribution in [3.05, 3.63) is 71.8 Å². The summed E-state index contributed by atoms with van der Waals surface area (Å²) in [4.78, 5) is 183. The first-order valence-corrected chi connectivity index (χ1v) is 31.7. The second kappa shape index (κ2) is 35.4. The monoisotopic (exact) mass is 1280 g/mol. The first-order chi connectivity index (χ1) is 43.2. The smallest absolute Gasteiger partial charge is 0.246 e. The molecule has 2 aliphatic heterocycles. The van der Waals surface area contributed by atoms with Crippen LogP contribution in [0.5, 0.6) is 0 Å². The molecule has 92 heavy (non-hydrogen) atoms. The number of likely N-dealkylation sites (tertiary alicyclic amines) is 1. The van der Waals surface area contributed by atoms with E-state index in [0.29, 0.717) is 37.1 Å². The van der Waals surface area contributed by atoms with Crippen molar-refractivity contribution in [2.45, 2.75) is 187 Å². The molecule has 2 aromatic carbocycles. The zero-order valence-electron chi connectivity index (χ0n) is 56.3. The van der Waals surface area contributed by atoms with E-state index in [0.717, 1.165) is 30.9 Å². The maximum absolute atomic E-state index is 15.1. The van der Waals surface area contributed by atoms with E-state index in [9.17, 15) is 58.3 Å². The summed E-state index contributed by atoms with van der Waals surface area (Å²) in [6.45, 7) is 14.6. The Morgan fingerprint density at radius 1 is 0.533 bits per heavy atom. The zero-order valence-corrected chi connectivity index (χ0v) is 56.3. The van der Waals surface area contributed by atoms with Gasteiger partial charge in [-0.2, -0.15) is 5.26 Å². The minimum Gasteiger partial charge on any atom is -0.391 e. The summed E-state index contributed by atoms with van der Waals surface area (Å²) in [6.07, 6.45) is -0.810. The van der Waals surface area contributed by atoms with E-state index in [1.54, 1.807) is 88.4 Å². The number of carbonyl (C=O) groups is 12. The molecule has 11 atom stereocenters. The first-order valence-electron chi connectivity index (χ1n) is 31.7. The van der Waals surface area contributed by atoms with Crippen LogP contribution < -0.4 is 26.6 Å². The Labute approximate surface area is 541 Å². The van der Waals surface area contributed by atoms with Crippen LogP contribution in [0.25, 0.3) is 0 Å². The summed E-state index contributed by atoms with van der Waals surface area (Å²) in [5.41, 5.74) is 1.23. The predicted molar refractivity (Wildman–Crippen MR) is 342 cm³/mol. The molecule has 2 heterocycles. The molecule has 2 fully saturated rings. The maximum atomic E-state index is 15.1. The molecule has 0 unspecified atom stereocenters. The van der Waals surface area contributed by atoms with Gasteiger partial charge in [-0.15, -0.1) is 0 Å². The van der Waals surface area contributed by atoms with Crippen molar-refractivity contribution in [2.75, 3.05) is 61.9 Å². The Hall–Kier alpha value is -8.47. The van der Waals surface area contributed by atoms with E-state index in [1.165, 1.54) is 72.9 Å². The van der Waals surface area contributed by atoms with Crippen LogP contribution in [0.1, 0.15) is 118 Å². The van der Waals surface area contributed by atoms with Crippen molar-refractivity contribution in [1.82, 2.24) is 60.9 Å². The number of nitrogens with one attached hydrogen (secondary N) is 5. The van der Waals surface area contributed by atoms with Gasteiger partial charge in [0.15, 0.2) is 0 Å². The van der Waals surface area contributed by atoms with E-state index < -0.39 is 163 Å². The number of nitrogens with zero attached hydrogens (tertiary/aromatic N) is 8. The van der Waals surface area contributed by atoms with Crippen LogP contribution in [0.15, 0.2) is 60.7 Å². The van der Waals surface area contributed by atoms with E-state index in [2.05, 4.69) is 26.6 Å². The van der Waals surface area contributed by atoms with E-state index in [1.807, 2.05) is 19.9 Å². The third-order valence-electron chi connectivity index (χ3n) is 17.2. The molecule has 0 bridgehead atoms. The van der Waals surface area contributed by atoms with Crippen LogP contribution in [0.4, 0.5) is 0 Å². The van der Waals surface area contributed by atoms with E-state index in [-0.39, 0.29) is 37.5 Å². The highest BCUT2D eigenvalue weighted by atomic mass is 16.3. The molecule has 0 saturated carbocycles. The molecular formula is C66H99N13O13. The van der Waals surface area contributed by atoms with Crippen molar-refractivity contribution in [2.24, 2.45) is 17.8 Å². The molecule has 0 radical (unpaired) electrons. The molecule has 12 amide bonds. The van der Waals surface area contributed by atoms with Crippen LogP contribution in [-0.4, -0.2) is 239 Å². The molecule has 506 valence electrons. The van der Waals surface area contributed by atoms with Crippen molar-refractivity contribution >= 4 is 70.9 Å². The van der Waals surface area contributed by atoms with Crippen molar-refractivity contribution in [3.8, 4) is 6.07 Å². The minimum absolute atomic E-state index is 0.0451. The molecule has 4 rings (SSSR count). The summed E-state index contributed by atoms with van der Waals surface area (Å²) in [6, 6.07) is 5.35. The molecule has 2 aliphatic rings. The number of aliphatic hydroxyl groups is 1. The van der Waals surface area contributed by atoms with Gasteiger partial charge in [-0.3, -0.25) is 57.5 Å². The van der Waals surface area contributed by atoms with Crippen LogP contribution in [0.3, 0.4) is 0 Å². The second-order valence-corrected chi connectivity index (χ2v) is 25.7. The van der Waals surface area contributed by atoms with Gasteiger partial charge < -0.3 is 66.0 Å². The highest BCUT2D eigenvalue weighted by Crippen LogP contribution is 2.21. The fourth-order valence-corrected chi connectivity index (χ4v) is 11.1. The maximum Gasteiger partial charge on any atom is 0.246 e. The predicted octanol–water partition coefficient (Wildman–Crippen LogP) is 0.988. The minimum atomic E-state index is -1.74. The van der Waals surface area contributed by atoms with Crippen LogP contribution >= 0.6 is 0 Å². The lowest BCUT2D eigenvalue weighted by atomic mass is 9.98. The number of likely N-dealkylation sites (N-methyl/N-ethyl adjacent to an activating group) is 6. The fourth-order valence-electron chi connectivity index (χ4n) is 11.1. The van der Waals surface area contributed by atoms with E-state index >= 15 is 9.59 Å². The van der Waals surface area contributed by atoms with Crippen LogP contribution in [0, 0.1) is 29.1 Å². The SMILES string of the molecule is CC(C)C[C@H]1C(=O)N(C)CC(=O)N(C)[C@@H](C)C(=O)N[C@@H]([C@@H](C)O)C(=O)N[C@H](C(=O)N2CCCCC2)CC(=O)N[C@H](C(C)C)C(=O)N(C)[C@@H](C)C(=O)N(C)[C@@H](CC(C)C)C(=O)N[C@@H](CC#N)C(=O)N(C)[C@@H](Cc2ccccc2)C(=O)N[C@@H](Cc2ccccc2)C(=O)N1C. The van der Waals surface area contributed by atoms with Gasteiger partial charge in [0.1, 0.15) is 60.4 Å². The zero-order chi connectivity index (χ0) is 69.0. The molecule has 0 spiro atoms. The topological polar surface area (TPSA) is 332 Å². The highest BCUT2D eigenvalue weighted by Gasteiger charge is 2.42. The lowest BCUT2D eigenvalue weighted by Crippen LogP contribution is -2.61. The molecular weight excluding hydrogens is 1180 g/mol. The van der Waals surface area contributed by atoms with Gasteiger partial charge in [0.25, 0.3) is 0 Å². The van der Waals surface area contributed by atoms with Crippen LogP contribution in [0.2, 0.25) is 0 Å². The fraction of sp³-hybridized carbons (Fsp3) is 0.621. The average Bonchev–Trinajstić information content (AvgIpc) is 1.20. The number of benzene rings is 2. The number of amides is 12. The quantitative estimate of drug-likeness (QED) is 0.173. The van der Waals surface area contributed by atoms with Gasteiger partial charge >= 0.3 is 0 Å². The number of hydrogen-bond donors (Lipinski definition) is 6. The molecule has 26 nitrogen and oxygen atoms in total. The van der Waals surface area contributed by atoms with Crippen molar-refractivity contribution in [3.63, 3.8) is 0 Å². The normalized spacial score (nSPS) is 25.9. The molecule has 26 heteroatoms. The summed E-state index contributed by atoms with van der Waals surface area (Å²) < 4.78 is 0. The molecule has 0 aliphatic carbocycles. The highest BCUT2D eigenvalue weighted by molar-refractivity contribution is 6.00. The number of nitriles is 1. The number of rotatable bonds is 12. The summed E-state index contributed by atoms with van der Waals surface area (Å²) >= 11 is 0. The van der Waals surface area contributed by atoms with Gasteiger partial charge in [-0.1, -0.05) is 102 Å². The van der Waals surface area contributed by atoms with Gasteiger partial charge in [0.05, 0.1) is 31.6 Å². The molecule has 0 aromatic heterocycles. The van der Waals surface area contributed by atoms with Gasteiger partial charge in [-0.05, 0) is 81.8 Å².